The molecule has 3 atom stereocenters. The molecule has 0 heterocycles. The molecule has 3 unspecified atom stereocenters. The summed E-state index contributed by atoms with van der Waals surface area (Å²) in [7, 11) is 1.32. The Balaban J connectivity index is 3.92. The first-order chi connectivity index (χ1) is 40.5. The summed E-state index contributed by atoms with van der Waals surface area (Å²) in [6.45, 7) is 4.79. The van der Waals surface area contributed by atoms with Gasteiger partial charge >= 0.3 is 0 Å². The molecule has 1 amide bonds. The molecule has 8 nitrogen and oxygen atoms in total. The molecule has 0 aliphatic carbocycles. The predicted molar refractivity (Wildman–Crippen MR) is 362 cm³/mol. The molecular formula is C74H147N2O6P. The lowest BCUT2D eigenvalue weighted by Crippen LogP contribution is -2.46. The van der Waals surface area contributed by atoms with Crippen LogP contribution in [0.5, 0.6) is 0 Å². The van der Waals surface area contributed by atoms with Crippen LogP contribution in [0.1, 0.15) is 393 Å². The summed E-state index contributed by atoms with van der Waals surface area (Å²) >= 11 is 0. The average Bonchev–Trinajstić information content (AvgIpc) is 3.50. The molecule has 0 saturated heterocycles. The van der Waals surface area contributed by atoms with Crippen molar-refractivity contribution >= 4 is 13.7 Å². The summed E-state index contributed by atoms with van der Waals surface area (Å²) in [4.78, 5) is 25.7. The normalized spacial score (nSPS) is 13.7. The maximum Gasteiger partial charge on any atom is 0.268 e. The number of nitrogens with zero attached hydrogens (tertiary/aromatic N) is 1. The van der Waals surface area contributed by atoms with Gasteiger partial charge < -0.3 is 28.8 Å². The van der Waals surface area contributed by atoms with Crippen molar-refractivity contribution in [2.75, 3.05) is 40.9 Å². The van der Waals surface area contributed by atoms with E-state index in [1.165, 1.54) is 321 Å². The lowest BCUT2D eigenvalue weighted by Gasteiger charge is -2.30. The SMILES string of the molecule is CCCCCCCCCCCCCCCCC/C=C\C/C=C\CCCCCCCCCCCCCCCCCCCC(=O)NC(COP(=O)([O-])OCC[N+](C)(C)C)C(O)CCCCCCCCCCCCCCCCCCCCCCCC. The zero-order valence-corrected chi connectivity index (χ0v) is 57.6. The van der Waals surface area contributed by atoms with Gasteiger partial charge in [0.1, 0.15) is 13.2 Å². The second kappa shape index (κ2) is 65.4. The van der Waals surface area contributed by atoms with E-state index in [-0.39, 0.29) is 19.1 Å². The highest BCUT2D eigenvalue weighted by atomic mass is 31.2. The van der Waals surface area contributed by atoms with Crippen LogP contribution in [-0.4, -0.2) is 68.5 Å². The Bertz CT molecular complexity index is 1400. The lowest BCUT2D eigenvalue weighted by molar-refractivity contribution is -0.870. The molecule has 0 radical (unpaired) electrons. The molecule has 0 aromatic heterocycles. The van der Waals surface area contributed by atoms with Crippen molar-refractivity contribution in [3.8, 4) is 0 Å². The van der Waals surface area contributed by atoms with Crippen molar-refractivity contribution in [1.29, 1.82) is 0 Å². The highest BCUT2D eigenvalue weighted by molar-refractivity contribution is 7.45. The number of phosphoric ester groups is 1. The first kappa shape index (κ1) is 82.0. The average molecular weight is 1190 g/mol. The van der Waals surface area contributed by atoms with Gasteiger partial charge in [-0.05, 0) is 44.9 Å². The highest BCUT2D eigenvalue weighted by Crippen LogP contribution is 2.38. The Morgan fingerprint density at radius 1 is 0.422 bits per heavy atom. The second-order valence-corrected chi connectivity index (χ2v) is 28.4. The van der Waals surface area contributed by atoms with Gasteiger partial charge in [0.25, 0.3) is 7.82 Å². The minimum atomic E-state index is -4.58. The molecular weight excluding hydrogens is 1040 g/mol. The number of unbranched alkanes of at least 4 members (excludes halogenated alkanes) is 53. The van der Waals surface area contributed by atoms with Crippen molar-refractivity contribution in [2.45, 2.75) is 405 Å². The lowest BCUT2D eigenvalue weighted by atomic mass is 10.0. The van der Waals surface area contributed by atoms with E-state index in [1.54, 1.807) is 0 Å². The summed E-state index contributed by atoms with van der Waals surface area (Å²) in [6, 6.07) is -0.800. The maximum atomic E-state index is 13.1. The van der Waals surface area contributed by atoms with Crippen LogP contribution in [0, 0.1) is 0 Å². The molecule has 0 saturated carbocycles. The Morgan fingerprint density at radius 2 is 0.699 bits per heavy atom. The molecule has 0 rings (SSSR count). The van der Waals surface area contributed by atoms with Crippen molar-refractivity contribution in [3.63, 3.8) is 0 Å². The number of nitrogens with one attached hydrogen (secondary N) is 1. The molecule has 0 spiro atoms. The van der Waals surface area contributed by atoms with Crippen molar-refractivity contribution in [3.05, 3.63) is 24.3 Å². The van der Waals surface area contributed by atoms with Crippen LogP contribution >= 0.6 is 7.82 Å². The molecule has 0 aliphatic rings. The van der Waals surface area contributed by atoms with E-state index in [0.717, 1.165) is 44.9 Å². The number of carbonyl (C=O) groups is 1. The second-order valence-electron chi connectivity index (χ2n) is 27.0. The largest absolute Gasteiger partial charge is 0.756 e. The minimum absolute atomic E-state index is 0.0147. The molecule has 83 heavy (non-hydrogen) atoms. The summed E-state index contributed by atoms with van der Waals surface area (Å²) in [5, 5.41) is 14.1. The number of quaternary nitrogens is 1. The van der Waals surface area contributed by atoms with E-state index < -0.39 is 20.0 Å². The quantitative estimate of drug-likeness (QED) is 0.0272. The number of phosphoric acid groups is 1. The molecule has 9 heteroatoms. The molecule has 0 aromatic rings. The van der Waals surface area contributed by atoms with E-state index in [0.29, 0.717) is 23.9 Å². The Labute approximate surface area is 519 Å². The summed E-state index contributed by atoms with van der Waals surface area (Å²) in [5.41, 5.74) is 0. The zero-order valence-electron chi connectivity index (χ0n) is 56.7. The Morgan fingerprint density at radius 3 is 1.00 bits per heavy atom. The predicted octanol–water partition coefficient (Wildman–Crippen LogP) is 23.2. The fraction of sp³-hybridized carbons (Fsp3) is 0.932. The summed E-state index contributed by atoms with van der Waals surface area (Å²) in [5.74, 6) is -0.157. The number of carbonyl (C=O) groups excluding carboxylic acids is 1. The first-order valence-corrected chi connectivity index (χ1v) is 38.6. The van der Waals surface area contributed by atoms with Crippen molar-refractivity contribution in [2.24, 2.45) is 0 Å². The van der Waals surface area contributed by atoms with Crippen molar-refractivity contribution in [1.82, 2.24) is 5.32 Å². The Kier molecular flexibility index (Phi) is 64.6. The monoisotopic (exact) mass is 1190 g/mol. The van der Waals surface area contributed by atoms with Crippen LogP contribution < -0.4 is 10.2 Å². The van der Waals surface area contributed by atoms with Crippen LogP contribution in [0.2, 0.25) is 0 Å². The van der Waals surface area contributed by atoms with Crippen LogP contribution in [0.3, 0.4) is 0 Å². The van der Waals surface area contributed by atoms with Crippen LogP contribution in [0.4, 0.5) is 0 Å². The van der Waals surface area contributed by atoms with Gasteiger partial charge in [-0.2, -0.15) is 0 Å². The fourth-order valence-electron chi connectivity index (χ4n) is 11.7. The van der Waals surface area contributed by atoms with Gasteiger partial charge in [0.05, 0.1) is 39.9 Å². The summed E-state index contributed by atoms with van der Waals surface area (Å²) < 4.78 is 23.5. The smallest absolute Gasteiger partial charge is 0.268 e. The molecule has 0 fully saturated rings. The molecule has 0 aliphatic heterocycles. The molecule has 2 N–H and O–H groups in total. The highest BCUT2D eigenvalue weighted by Gasteiger charge is 2.24. The minimum Gasteiger partial charge on any atom is -0.756 e. The number of amides is 1. The number of hydrogen-bond acceptors (Lipinski definition) is 6. The number of allylic oxidation sites excluding steroid dienone is 4. The number of aliphatic hydroxyl groups is 1. The topological polar surface area (TPSA) is 108 Å². The van der Waals surface area contributed by atoms with Gasteiger partial charge in [0, 0.05) is 6.42 Å². The van der Waals surface area contributed by atoms with Crippen LogP contribution in [-0.2, 0) is 18.4 Å². The number of aliphatic hydroxyl groups excluding tert-OH is 1. The van der Waals surface area contributed by atoms with E-state index in [1.807, 2.05) is 21.1 Å². The number of likely N-dealkylation sites (N-methyl/N-ethyl adjacent to an activating group) is 1. The van der Waals surface area contributed by atoms with Gasteiger partial charge in [-0.1, -0.05) is 366 Å². The van der Waals surface area contributed by atoms with Crippen molar-refractivity contribution < 1.29 is 32.9 Å². The third-order valence-corrected chi connectivity index (χ3v) is 18.4. The van der Waals surface area contributed by atoms with Gasteiger partial charge in [0.15, 0.2) is 0 Å². The van der Waals surface area contributed by atoms with E-state index >= 15 is 0 Å². The third-order valence-electron chi connectivity index (χ3n) is 17.4. The van der Waals surface area contributed by atoms with E-state index in [2.05, 4.69) is 43.5 Å². The molecule has 0 aromatic carbocycles. The van der Waals surface area contributed by atoms with Crippen LogP contribution in [0.25, 0.3) is 0 Å². The third kappa shape index (κ3) is 68.3. The van der Waals surface area contributed by atoms with Crippen LogP contribution in [0.15, 0.2) is 24.3 Å². The van der Waals surface area contributed by atoms with Gasteiger partial charge in [0.2, 0.25) is 5.91 Å². The van der Waals surface area contributed by atoms with Gasteiger partial charge in [-0.15, -0.1) is 0 Å². The molecule has 0 bridgehead atoms. The maximum absolute atomic E-state index is 13.1. The molecule has 494 valence electrons. The number of rotatable bonds is 70. The standard InChI is InChI=1S/C74H147N2O6P/c1-6-8-10-12-14-16-18-20-22-24-26-28-30-31-32-33-34-35-36-37-38-39-40-41-42-43-44-45-46-48-50-52-54-56-58-60-62-64-66-68-74(78)75-72(71-82-83(79,80)81-70-69-76(3,4)5)73(77)67-65-63-61-59-57-55-53-51-49-47-29-27-25-23-21-19-17-15-13-11-9-7-2/h34-35,37-38,72-73,77H,6-33,36,39-71H2,1-5H3,(H-,75,78,79,80)/b35-34-,38-37-. The van der Waals surface area contributed by atoms with Gasteiger partial charge in [-0.25, -0.2) is 0 Å². The summed E-state index contributed by atoms with van der Waals surface area (Å²) in [6.07, 6.45) is 85.7. The van der Waals surface area contributed by atoms with Gasteiger partial charge in [-0.3, -0.25) is 9.36 Å². The first-order valence-electron chi connectivity index (χ1n) is 37.2. The zero-order chi connectivity index (χ0) is 60.5. The Hall–Kier alpha value is -1.02. The fourth-order valence-corrected chi connectivity index (χ4v) is 12.4. The van der Waals surface area contributed by atoms with E-state index in [9.17, 15) is 19.4 Å². The number of hydrogen-bond donors (Lipinski definition) is 2. The van der Waals surface area contributed by atoms with E-state index in [4.69, 9.17) is 9.05 Å².